The highest BCUT2D eigenvalue weighted by atomic mass is 32.2. The van der Waals surface area contributed by atoms with Crippen LogP contribution in [0.4, 0.5) is 5.69 Å². The van der Waals surface area contributed by atoms with Gasteiger partial charge in [-0.2, -0.15) is 0 Å². The summed E-state index contributed by atoms with van der Waals surface area (Å²) in [5.74, 6) is 3.09. The lowest BCUT2D eigenvalue weighted by Crippen LogP contribution is -2.14. The van der Waals surface area contributed by atoms with Gasteiger partial charge in [0.15, 0.2) is 10.8 Å². The lowest BCUT2D eigenvalue weighted by molar-refractivity contribution is -0.113. The molecule has 1 aromatic carbocycles. The van der Waals surface area contributed by atoms with Gasteiger partial charge in [0, 0.05) is 22.5 Å². The second-order valence-corrected chi connectivity index (χ2v) is 11.0. The Bertz CT molecular complexity index is 1370. The number of thioether (sulfide) groups is 1. The molecule has 9 heteroatoms. The van der Waals surface area contributed by atoms with Gasteiger partial charge in [0.1, 0.15) is 16.4 Å². The molecular formula is C24H25N5O2S2. The van der Waals surface area contributed by atoms with E-state index in [0.29, 0.717) is 17.4 Å². The van der Waals surface area contributed by atoms with E-state index in [0.717, 1.165) is 53.1 Å². The highest BCUT2D eigenvalue weighted by Gasteiger charge is 2.32. The highest BCUT2D eigenvalue weighted by Crippen LogP contribution is 2.44. The minimum absolute atomic E-state index is 0.0890. The van der Waals surface area contributed by atoms with E-state index in [2.05, 4.69) is 26.8 Å². The monoisotopic (exact) mass is 479 g/mol. The quantitative estimate of drug-likeness (QED) is 0.389. The molecule has 0 radical (unpaired) electrons. The molecule has 33 heavy (non-hydrogen) atoms. The third-order valence-electron chi connectivity index (χ3n) is 6.42. The molecule has 0 spiro atoms. The molecule has 7 nitrogen and oxygen atoms in total. The van der Waals surface area contributed by atoms with Gasteiger partial charge in [0.25, 0.3) is 0 Å². The van der Waals surface area contributed by atoms with E-state index in [1.165, 1.54) is 34.0 Å². The number of anilines is 1. The Hall–Kier alpha value is -2.65. The van der Waals surface area contributed by atoms with Crippen LogP contribution in [0.2, 0.25) is 0 Å². The minimum atomic E-state index is -0.0890. The van der Waals surface area contributed by atoms with Gasteiger partial charge in [0.05, 0.1) is 18.2 Å². The summed E-state index contributed by atoms with van der Waals surface area (Å²) in [5, 5.41) is 14.0. The van der Waals surface area contributed by atoms with Crippen molar-refractivity contribution in [3.05, 3.63) is 40.5 Å². The molecule has 170 valence electrons. The first kappa shape index (κ1) is 20.9. The third kappa shape index (κ3) is 3.87. The van der Waals surface area contributed by atoms with Crippen molar-refractivity contribution in [2.24, 2.45) is 5.92 Å². The number of aromatic nitrogens is 4. The third-order valence-corrected chi connectivity index (χ3v) is 8.50. The maximum Gasteiger partial charge on any atom is 0.234 e. The van der Waals surface area contributed by atoms with Crippen molar-refractivity contribution < 1.29 is 9.53 Å². The number of benzene rings is 1. The summed E-state index contributed by atoms with van der Waals surface area (Å²) < 4.78 is 7.35. The Morgan fingerprint density at radius 2 is 2.18 bits per heavy atom. The van der Waals surface area contributed by atoms with Gasteiger partial charge in [-0.25, -0.2) is 4.98 Å². The van der Waals surface area contributed by atoms with Crippen LogP contribution in [0.5, 0.6) is 5.75 Å². The first-order chi connectivity index (χ1) is 16.1. The smallest absolute Gasteiger partial charge is 0.234 e. The lowest BCUT2D eigenvalue weighted by atomic mass is 9.89. The summed E-state index contributed by atoms with van der Waals surface area (Å²) in [6.07, 6.45) is 5.70. The maximum atomic E-state index is 12.6. The number of methoxy groups -OCH3 is 1. The number of fused-ring (bicyclic) bond motifs is 5. The SMILES string of the molecule is COc1cccc(NC(=O)CSc2nnc3c4c5c(sc4nc(C4CC4)n23)C[C@@H](C)CC5)c1. The number of hydrogen-bond donors (Lipinski definition) is 1. The molecule has 2 aliphatic carbocycles. The van der Waals surface area contributed by atoms with E-state index in [9.17, 15) is 4.79 Å². The molecule has 1 fully saturated rings. The van der Waals surface area contributed by atoms with Crippen LogP contribution in [0, 0.1) is 5.92 Å². The van der Waals surface area contributed by atoms with Crippen LogP contribution in [-0.4, -0.2) is 38.4 Å². The molecule has 3 heterocycles. The predicted octanol–water partition coefficient (Wildman–Crippen LogP) is 5.08. The Morgan fingerprint density at radius 3 is 3.00 bits per heavy atom. The second kappa shape index (κ2) is 8.29. The number of rotatable bonds is 6. The Balaban J connectivity index is 1.31. The molecule has 0 saturated heterocycles. The van der Waals surface area contributed by atoms with Crippen molar-refractivity contribution in [3.63, 3.8) is 0 Å². The minimum Gasteiger partial charge on any atom is -0.497 e. The van der Waals surface area contributed by atoms with E-state index >= 15 is 0 Å². The molecule has 2 aliphatic rings. The van der Waals surface area contributed by atoms with Crippen LogP contribution < -0.4 is 10.1 Å². The lowest BCUT2D eigenvalue weighted by Gasteiger charge is -2.17. The van der Waals surface area contributed by atoms with Crippen LogP contribution in [0.3, 0.4) is 0 Å². The van der Waals surface area contributed by atoms with Crippen LogP contribution in [0.25, 0.3) is 15.9 Å². The molecule has 0 aliphatic heterocycles. The van der Waals surface area contributed by atoms with Gasteiger partial charge in [-0.05, 0) is 55.7 Å². The fourth-order valence-corrected chi connectivity index (χ4v) is 6.70. The topological polar surface area (TPSA) is 81.4 Å². The largest absolute Gasteiger partial charge is 0.497 e. The fraction of sp³-hybridized carbons (Fsp3) is 0.417. The fourth-order valence-electron chi connectivity index (χ4n) is 4.58. The number of nitrogens with zero attached hydrogens (tertiary/aromatic N) is 4. The number of hydrogen-bond acceptors (Lipinski definition) is 7. The van der Waals surface area contributed by atoms with E-state index in [1.807, 2.05) is 35.6 Å². The molecule has 0 unspecified atom stereocenters. The zero-order valence-electron chi connectivity index (χ0n) is 18.6. The molecule has 1 N–H and O–H groups in total. The molecule has 1 amide bonds. The molecular weight excluding hydrogens is 454 g/mol. The average molecular weight is 480 g/mol. The van der Waals surface area contributed by atoms with E-state index in [1.54, 1.807) is 7.11 Å². The summed E-state index contributed by atoms with van der Waals surface area (Å²) in [6.45, 7) is 2.33. The molecule has 4 aromatic rings. The van der Waals surface area contributed by atoms with Gasteiger partial charge in [0.2, 0.25) is 5.91 Å². The molecule has 0 bridgehead atoms. The van der Waals surface area contributed by atoms with Crippen molar-refractivity contribution in [2.75, 3.05) is 18.2 Å². The van der Waals surface area contributed by atoms with Crippen molar-refractivity contribution in [1.29, 1.82) is 0 Å². The van der Waals surface area contributed by atoms with Gasteiger partial charge in [-0.15, -0.1) is 21.5 Å². The molecule has 6 rings (SSSR count). The van der Waals surface area contributed by atoms with E-state index in [-0.39, 0.29) is 11.7 Å². The van der Waals surface area contributed by atoms with Crippen molar-refractivity contribution in [2.45, 2.75) is 50.1 Å². The normalized spacial score (nSPS) is 17.9. The summed E-state index contributed by atoms with van der Waals surface area (Å²) >= 11 is 3.25. The number of nitrogens with one attached hydrogen (secondary N) is 1. The number of thiophene rings is 1. The average Bonchev–Trinajstić information content (AvgIpc) is 3.47. The predicted molar refractivity (Wildman–Crippen MR) is 132 cm³/mol. The Kier molecular flexibility index (Phi) is 5.25. The van der Waals surface area contributed by atoms with E-state index < -0.39 is 0 Å². The zero-order valence-corrected chi connectivity index (χ0v) is 20.3. The van der Waals surface area contributed by atoms with Crippen LogP contribution in [0.1, 0.15) is 48.4 Å². The van der Waals surface area contributed by atoms with Gasteiger partial charge < -0.3 is 10.1 Å². The van der Waals surface area contributed by atoms with Gasteiger partial charge in [-0.1, -0.05) is 24.8 Å². The number of carbonyl (C=O) groups excluding carboxylic acids is 1. The zero-order chi connectivity index (χ0) is 22.5. The highest BCUT2D eigenvalue weighted by molar-refractivity contribution is 7.99. The molecule has 1 atom stereocenters. The van der Waals surface area contributed by atoms with Crippen LogP contribution in [0.15, 0.2) is 29.4 Å². The van der Waals surface area contributed by atoms with E-state index in [4.69, 9.17) is 9.72 Å². The number of carbonyl (C=O) groups is 1. The van der Waals surface area contributed by atoms with Crippen molar-refractivity contribution in [1.82, 2.24) is 19.6 Å². The first-order valence-electron chi connectivity index (χ1n) is 11.4. The van der Waals surface area contributed by atoms with Crippen LogP contribution in [-0.2, 0) is 17.6 Å². The standard InChI is InChI=1S/C24H25N5O2S2/c1-13-6-9-17-18(10-13)33-23-20(17)22-27-28-24(29(22)21(26-23)14-7-8-14)32-12-19(30)25-15-4-3-5-16(11-15)31-2/h3-5,11,13-14H,6-10,12H2,1-2H3,(H,25,30)/t13-/m0/s1. The van der Waals surface area contributed by atoms with Crippen molar-refractivity contribution >= 4 is 50.6 Å². The Morgan fingerprint density at radius 1 is 1.30 bits per heavy atom. The number of aryl methyl sites for hydroxylation is 1. The summed E-state index contributed by atoms with van der Waals surface area (Å²) in [5.41, 5.74) is 3.03. The van der Waals surface area contributed by atoms with Crippen molar-refractivity contribution in [3.8, 4) is 5.75 Å². The molecule has 3 aromatic heterocycles. The summed E-state index contributed by atoms with van der Waals surface area (Å²) in [4.78, 5) is 20.3. The number of amides is 1. The first-order valence-corrected chi connectivity index (χ1v) is 13.2. The Labute approximate surface area is 200 Å². The summed E-state index contributed by atoms with van der Waals surface area (Å²) in [7, 11) is 1.61. The van der Waals surface area contributed by atoms with Gasteiger partial charge >= 0.3 is 0 Å². The second-order valence-electron chi connectivity index (χ2n) is 8.99. The molecule has 1 saturated carbocycles. The van der Waals surface area contributed by atoms with Crippen LogP contribution >= 0.6 is 23.1 Å². The maximum absolute atomic E-state index is 12.6. The number of ether oxygens (including phenoxy) is 1. The van der Waals surface area contributed by atoms with Gasteiger partial charge in [-0.3, -0.25) is 9.20 Å². The summed E-state index contributed by atoms with van der Waals surface area (Å²) in [6, 6.07) is 7.36.